The van der Waals surface area contributed by atoms with Gasteiger partial charge in [-0.1, -0.05) is 30.3 Å². The van der Waals surface area contributed by atoms with Crippen LogP contribution in [-0.2, 0) is 6.42 Å². The lowest BCUT2D eigenvalue weighted by atomic mass is 9.75. The zero-order valence-corrected chi connectivity index (χ0v) is 22.0. The van der Waals surface area contributed by atoms with Gasteiger partial charge in [-0.15, -0.1) is 0 Å². The van der Waals surface area contributed by atoms with Gasteiger partial charge in [-0.05, 0) is 64.9 Å². The van der Waals surface area contributed by atoms with Crippen LogP contribution >= 0.6 is 0 Å². The highest BCUT2D eigenvalue weighted by molar-refractivity contribution is 5.17. The van der Waals surface area contributed by atoms with Crippen molar-refractivity contribution in [3.05, 3.63) is 35.9 Å². The Morgan fingerprint density at radius 3 is 2.80 bits per heavy atom. The number of rotatable bonds is 9. The number of aliphatic hydroxyl groups is 1. The molecule has 35 heavy (non-hydrogen) atoms. The molecule has 0 amide bonds. The summed E-state index contributed by atoms with van der Waals surface area (Å²) in [5.41, 5.74) is 1.45. The molecule has 4 saturated heterocycles. The van der Waals surface area contributed by atoms with Crippen LogP contribution in [0.1, 0.15) is 31.2 Å². The SMILES string of the molecule is CN(C)CCCN1CCNC(C23CCC(N2)C(C2CNCCN2CCc2ccccc2)C(O)C3)C1. The minimum absolute atomic E-state index is 0.0394. The Balaban J connectivity index is 1.21. The molecule has 7 heteroatoms. The van der Waals surface area contributed by atoms with Gasteiger partial charge >= 0.3 is 0 Å². The van der Waals surface area contributed by atoms with E-state index in [9.17, 15) is 5.11 Å². The third-order valence-electron chi connectivity index (χ3n) is 9.24. The van der Waals surface area contributed by atoms with E-state index in [1.165, 1.54) is 31.4 Å². The van der Waals surface area contributed by atoms with Gasteiger partial charge in [0.25, 0.3) is 0 Å². The van der Waals surface area contributed by atoms with Crippen molar-refractivity contribution >= 4 is 0 Å². The quantitative estimate of drug-likeness (QED) is 0.409. The van der Waals surface area contributed by atoms with E-state index in [0.29, 0.717) is 24.0 Å². The molecule has 1 aromatic carbocycles. The first-order valence-electron chi connectivity index (χ1n) is 14.1. The van der Waals surface area contributed by atoms with Crippen LogP contribution in [0.2, 0.25) is 0 Å². The molecule has 4 fully saturated rings. The molecule has 6 unspecified atom stereocenters. The van der Waals surface area contributed by atoms with Crippen molar-refractivity contribution in [2.75, 3.05) is 73.0 Å². The van der Waals surface area contributed by atoms with E-state index in [2.05, 4.69) is 75.1 Å². The van der Waals surface area contributed by atoms with Crippen LogP contribution in [0.4, 0.5) is 0 Å². The Hall–Kier alpha value is -1.06. The molecule has 1 aromatic rings. The fourth-order valence-corrected chi connectivity index (χ4v) is 7.43. The van der Waals surface area contributed by atoms with Crippen LogP contribution in [0, 0.1) is 5.92 Å². The van der Waals surface area contributed by atoms with E-state index >= 15 is 0 Å². The van der Waals surface area contributed by atoms with Gasteiger partial charge in [0.15, 0.2) is 0 Å². The van der Waals surface area contributed by atoms with E-state index in [1.807, 2.05) is 0 Å². The minimum atomic E-state index is -0.237. The molecule has 5 rings (SSSR count). The number of nitrogens with one attached hydrogen (secondary N) is 3. The highest BCUT2D eigenvalue weighted by Gasteiger charge is 2.56. The van der Waals surface area contributed by atoms with Crippen LogP contribution in [0.25, 0.3) is 0 Å². The lowest BCUT2D eigenvalue weighted by Crippen LogP contribution is -2.71. The van der Waals surface area contributed by atoms with Crippen molar-refractivity contribution in [1.29, 1.82) is 0 Å². The monoisotopic (exact) mass is 484 g/mol. The summed E-state index contributed by atoms with van der Waals surface area (Å²) in [6.45, 7) is 9.79. The molecule has 196 valence electrons. The molecule has 0 saturated carbocycles. The second kappa shape index (κ2) is 11.5. The highest BCUT2D eigenvalue weighted by atomic mass is 16.3. The highest BCUT2D eigenvalue weighted by Crippen LogP contribution is 2.43. The first kappa shape index (κ1) is 25.6. The number of benzene rings is 1. The summed E-state index contributed by atoms with van der Waals surface area (Å²) in [4.78, 5) is 7.58. The first-order chi connectivity index (χ1) is 17.0. The van der Waals surface area contributed by atoms with Crippen molar-refractivity contribution in [2.24, 2.45) is 5.92 Å². The molecular weight excluding hydrogens is 436 g/mol. The van der Waals surface area contributed by atoms with Crippen LogP contribution in [0.5, 0.6) is 0 Å². The molecule has 2 bridgehead atoms. The van der Waals surface area contributed by atoms with Gasteiger partial charge in [0, 0.05) is 75.4 Å². The summed E-state index contributed by atoms with van der Waals surface area (Å²) in [5, 5.41) is 23.2. The summed E-state index contributed by atoms with van der Waals surface area (Å²) in [6, 6.07) is 12.1. The molecule has 0 radical (unpaired) electrons. The fraction of sp³-hybridized carbons (Fsp3) is 0.786. The van der Waals surface area contributed by atoms with Gasteiger partial charge in [-0.3, -0.25) is 4.90 Å². The van der Waals surface area contributed by atoms with Gasteiger partial charge in [0.1, 0.15) is 0 Å². The maximum Gasteiger partial charge on any atom is 0.0616 e. The molecule has 4 aliphatic heterocycles. The van der Waals surface area contributed by atoms with Crippen molar-refractivity contribution in [3.63, 3.8) is 0 Å². The Morgan fingerprint density at radius 2 is 1.97 bits per heavy atom. The predicted octanol–water partition coefficient (Wildman–Crippen LogP) is 0.600. The fourth-order valence-electron chi connectivity index (χ4n) is 7.43. The van der Waals surface area contributed by atoms with Crippen LogP contribution in [0.15, 0.2) is 30.3 Å². The maximum atomic E-state index is 11.6. The molecule has 6 atom stereocenters. The molecule has 0 aromatic heterocycles. The minimum Gasteiger partial charge on any atom is -0.393 e. The molecule has 0 spiro atoms. The van der Waals surface area contributed by atoms with Crippen LogP contribution < -0.4 is 16.0 Å². The summed E-state index contributed by atoms with van der Waals surface area (Å²) in [7, 11) is 4.32. The van der Waals surface area contributed by atoms with E-state index in [0.717, 1.165) is 65.2 Å². The maximum absolute atomic E-state index is 11.6. The third kappa shape index (κ3) is 5.93. The predicted molar refractivity (Wildman–Crippen MR) is 143 cm³/mol. The van der Waals surface area contributed by atoms with E-state index in [1.54, 1.807) is 0 Å². The average Bonchev–Trinajstić information content (AvgIpc) is 3.22. The lowest BCUT2D eigenvalue weighted by molar-refractivity contribution is -0.0387. The zero-order valence-electron chi connectivity index (χ0n) is 22.0. The topological polar surface area (TPSA) is 66.0 Å². The Labute approximate surface area is 212 Å². The van der Waals surface area contributed by atoms with E-state index in [4.69, 9.17) is 0 Å². The average molecular weight is 485 g/mol. The van der Waals surface area contributed by atoms with Gasteiger partial charge in [0.05, 0.1) is 6.10 Å². The van der Waals surface area contributed by atoms with E-state index in [-0.39, 0.29) is 11.6 Å². The molecule has 4 aliphatic rings. The Bertz CT molecular complexity index is 793. The van der Waals surface area contributed by atoms with Crippen LogP contribution in [0.3, 0.4) is 0 Å². The third-order valence-corrected chi connectivity index (χ3v) is 9.24. The summed E-state index contributed by atoms with van der Waals surface area (Å²) in [6.07, 6.45) is 5.31. The smallest absolute Gasteiger partial charge is 0.0616 e. The summed E-state index contributed by atoms with van der Waals surface area (Å²) < 4.78 is 0. The van der Waals surface area contributed by atoms with Crippen molar-refractivity contribution in [2.45, 2.75) is 61.9 Å². The Kier molecular flexibility index (Phi) is 8.44. The number of hydrogen-bond donors (Lipinski definition) is 4. The number of hydrogen-bond acceptors (Lipinski definition) is 7. The molecule has 4 N–H and O–H groups in total. The first-order valence-corrected chi connectivity index (χ1v) is 14.1. The summed E-state index contributed by atoms with van der Waals surface area (Å²) >= 11 is 0. The zero-order chi connectivity index (χ0) is 24.3. The Morgan fingerprint density at radius 1 is 1.11 bits per heavy atom. The van der Waals surface area contributed by atoms with Crippen molar-refractivity contribution < 1.29 is 5.11 Å². The van der Waals surface area contributed by atoms with Crippen LogP contribution in [-0.4, -0.2) is 123 Å². The molecule has 0 aliphatic carbocycles. The standard InChI is InChI=1S/C28H48N6O/c1-32(2)14-6-15-33-17-13-30-26(21-33)28-11-9-23(31-28)27(25(35)19-28)24-20-29-12-18-34(24)16-10-22-7-4-3-5-8-22/h3-5,7-8,23-27,29-31,35H,6,9-21H2,1-2H3. The normalized spacial score (nSPS) is 36.6. The second-order valence-electron chi connectivity index (χ2n) is 11.8. The number of fused-ring (bicyclic) bond motifs is 2. The van der Waals surface area contributed by atoms with Gasteiger partial charge < -0.3 is 30.9 Å². The number of piperazine rings is 2. The number of nitrogens with zero attached hydrogens (tertiary/aromatic N) is 3. The van der Waals surface area contributed by atoms with Crippen molar-refractivity contribution in [1.82, 2.24) is 30.7 Å². The molecule has 7 nitrogen and oxygen atoms in total. The largest absolute Gasteiger partial charge is 0.393 e. The molecule has 4 heterocycles. The van der Waals surface area contributed by atoms with Gasteiger partial charge in [-0.25, -0.2) is 0 Å². The van der Waals surface area contributed by atoms with E-state index < -0.39 is 0 Å². The lowest BCUT2D eigenvalue weighted by Gasteiger charge is -2.52. The number of aliphatic hydroxyl groups excluding tert-OH is 1. The number of piperidine rings is 1. The van der Waals surface area contributed by atoms with Crippen molar-refractivity contribution in [3.8, 4) is 0 Å². The van der Waals surface area contributed by atoms with Gasteiger partial charge in [-0.2, -0.15) is 0 Å². The second-order valence-corrected chi connectivity index (χ2v) is 11.8. The van der Waals surface area contributed by atoms with Gasteiger partial charge in [0.2, 0.25) is 0 Å². The molecular formula is C28H48N6O. The summed E-state index contributed by atoms with van der Waals surface area (Å²) in [5.74, 6) is 0.300.